The Balaban J connectivity index is 1.72. The standard InChI is InChI=1S/C29H36N8O4/c1-19-17-24(35(4)15-14-34(2)3)25(37(39)40)18-22(19)33-29-31-12-11-21(32-29)26-20-9-7-8-10-23(20)36(5)27(26)28(38)30-13-16-41-6/h7-12,17-18H,13-16H2,1-6H3,(H,30,38)(H,31,32,33). The number of carbonyl (C=O) groups excluding carboxylic acids is 1. The summed E-state index contributed by atoms with van der Waals surface area (Å²) < 4.78 is 6.93. The van der Waals surface area contributed by atoms with Crippen molar-refractivity contribution >= 4 is 39.8 Å². The molecule has 0 saturated heterocycles. The van der Waals surface area contributed by atoms with Gasteiger partial charge in [-0.1, -0.05) is 18.2 Å². The Morgan fingerprint density at radius 2 is 1.90 bits per heavy atom. The van der Waals surface area contributed by atoms with E-state index in [1.54, 1.807) is 25.4 Å². The summed E-state index contributed by atoms with van der Waals surface area (Å²) in [6.45, 7) is 4.03. The van der Waals surface area contributed by atoms with Crippen LogP contribution in [0.25, 0.3) is 22.2 Å². The van der Waals surface area contributed by atoms with E-state index >= 15 is 0 Å². The zero-order chi connectivity index (χ0) is 29.7. The van der Waals surface area contributed by atoms with Gasteiger partial charge in [0.15, 0.2) is 0 Å². The number of nitro benzene ring substituents is 1. The van der Waals surface area contributed by atoms with Crippen LogP contribution in [0.2, 0.25) is 0 Å². The monoisotopic (exact) mass is 560 g/mol. The van der Waals surface area contributed by atoms with E-state index in [1.807, 2.05) is 73.7 Å². The quantitative estimate of drug-likeness (QED) is 0.150. The summed E-state index contributed by atoms with van der Waals surface area (Å²) in [5.41, 5.74) is 4.41. The number of methoxy groups -OCH3 is 1. The van der Waals surface area contributed by atoms with Gasteiger partial charge in [-0.05, 0) is 44.8 Å². The summed E-state index contributed by atoms with van der Waals surface area (Å²) in [7, 11) is 9.19. The Kier molecular flexibility index (Phi) is 9.15. The summed E-state index contributed by atoms with van der Waals surface area (Å²) in [6, 6.07) is 12.8. The number of hydrogen-bond acceptors (Lipinski definition) is 9. The number of likely N-dealkylation sites (N-methyl/N-ethyl adjacent to an activating group) is 2. The molecule has 216 valence electrons. The number of benzene rings is 2. The first kappa shape index (κ1) is 29.4. The molecule has 4 rings (SSSR count). The van der Waals surface area contributed by atoms with Gasteiger partial charge in [0, 0.05) is 69.6 Å². The van der Waals surface area contributed by atoms with Crippen LogP contribution in [0.15, 0.2) is 48.7 Å². The van der Waals surface area contributed by atoms with E-state index in [1.165, 1.54) is 6.07 Å². The number of amides is 1. The van der Waals surface area contributed by atoms with Crippen LogP contribution in [0.4, 0.5) is 23.0 Å². The predicted molar refractivity (Wildman–Crippen MR) is 161 cm³/mol. The molecule has 1 amide bonds. The number of hydrogen-bond donors (Lipinski definition) is 2. The van der Waals surface area contributed by atoms with E-state index < -0.39 is 0 Å². The minimum absolute atomic E-state index is 0.0143. The normalized spacial score (nSPS) is 11.2. The van der Waals surface area contributed by atoms with E-state index in [0.29, 0.717) is 48.0 Å². The molecular formula is C29H36N8O4. The molecule has 0 bridgehead atoms. The third-order valence-corrected chi connectivity index (χ3v) is 6.88. The lowest BCUT2D eigenvalue weighted by Gasteiger charge is -2.22. The number of carbonyl (C=O) groups is 1. The van der Waals surface area contributed by atoms with Crippen LogP contribution in [0.3, 0.4) is 0 Å². The van der Waals surface area contributed by atoms with Gasteiger partial charge in [0.1, 0.15) is 11.4 Å². The topological polar surface area (TPSA) is 131 Å². The Hall–Kier alpha value is -4.55. The van der Waals surface area contributed by atoms with Gasteiger partial charge in [-0.15, -0.1) is 0 Å². The molecule has 2 heterocycles. The molecule has 0 saturated carbocycles. The van der Waals surface area contributed by atoms with Gasteiger partial charge < -0.3 is 29.7 Å². The van der Waals surface area contributed by atoms with Crippen LogP contribution in [-0.4, -0.2) is 84.8 Å². The van der Waals surface area contributed by atoms with Crippen molar-refractivity contribution in [3.8, 4) is 11.3 Å². The number of aryl methyl sites for hydroxylation is 2. The lowest BCUT2D eigenvalue weighted by atomic mass is 10.1. The van der Waals surface area contributed by atoms with Crippen LogP contribution in [0.1, 0.15) is 16.1 Å². The molecule has 12 heteroatoms. The van der Waals surface area contributed by atoms with Crippen molar-refractivity contribution in [3.63, 3.8) is 0 Å². The van der Waals surface area contributed by atoms with E-state index in [2.05, 4.69) is 15.6 Å². The SMILES string of the molecule is COCCNC(=O)c1c(-c2ccnc(Nc3cc([N+](=O)[O-])c(N(C)CCN(C)C)cc3C)n2)c2ccccc2n1C. The largest absolute Gasteiger partial charge is 0.383 e. The highest BCUT2D eigenvalue weighted by Gasteiger charge is 2.24. The zero-order valence-corrected chi connectivity index (χ0v) is 24.3. The van der Waals surface area contributed by atoms with Crippen molar-refractivity contribution in [3.05, 3.63) is 70.0 Å². The van der Waals surface area contributed by atoms with Crippen LogP contribution >= 0.6 is 0 Å². The highest BCUT2D eigenvalue weighted by atomic mass is 16.6. The summed E-state index contributed by atoms with van der Waals surface area (Å²) >= 11 is 0. The van der Waals surface area contributed by atoms with E-state index in [-0.39, 0.29) is 22.5 Å². The highest BCUT2D eigenvalue weighted by Crippen LogP contribution is 2.36. The number of anilines is 3. The third-order valence-electron chi connectivity index (χ3n) is 6.88. The fraction of sp³-hybridized carbons (Fsp3) is 0.345. The molecular weight excluding hydrogens is 524 g/mol. The number of ether oxygens (including phenoxy) is 1. The van der Waals surface area contributed by atoms with Crippen LogP contribution in [0, 0.1) is 17.0 Å². The molecule has 2 aromatic heterocycles. The van der Waals surface area contributed by atoms with E-state index in [4.69, 9.17) is 9.72 Å². The molecule has 0 unspecified atom stereocenters. The molecule has 2 aromatic carbocycles. The Bertz CT molecular complexity index is 1570. The number of rotatable bonds is 12. The van der Waals surface area contributed by atoms with Crippen molar-refractivity contribution < 1.29 is 14.5 Å². The van der Waals surface area contributed by atoms with Crippen molar-refractivity contribution in [1.29, 1.82) is 0 Å². The van der Waals surface area contributed by atoms with Gasteiger partial charge in [-0.2, -0.15) is 0 Å². The molecule has 0 spiro atoms. The maximum Gasteiger partial charge on any atom is 0.294 e. The number of nitro groups is 1. The van der Waals surface area contributed by atoms with E-state index in [0.717, 1.165) is 23.0 Å². The van der Waals surface area contributed by atoms with Gasteiger partial charge in [-0.25, -0.2) is 9.97 Å². The van der Waals surface area contributed by atoms with Crippen LogP contribution in [-0.2, 0) is 11.8 Å². The average molecular weight is 561 g/mol. The maximum atomic E-state index is 13.3. The minimum atomic E-state index is -0.381. The number of nitrogens with zero attached hydrogens (tertiary/aromatic N) is 6. The molecule has 4 aromatic rings. The summed E-state index contributed by atoms with van der Waals surface area (Å²) in [4.78, 5) is 37.9. The second kappa shape index (κ2) is 12.7. The predicted octanol–water partition coefficient (Wildman–Crippen LogP) is 3.97. The third kappa shape index (κ3) is 6.44. The van der Waals surface area contributed by atoms with Gasteiger partial charge in [0.25, 0.3) is 11.6 Å². The summed E-state index contributed by atoms with van der Waals surface area (Å²) in [5.74, 6) is 0.0107. The molecule has 0 aliphatic carbocycles. The minimum Gasteiger partial charge on any atom is -0.383 e. The molecule has 0 aliphatic rings. The Morgan fingerprint density at radius 1 is 1.15 bits per heavy atom. The van der Waals surface area contributed by atoms with E-state index in [9.17, 15) is 14.9 Å². The van der Waals surface area contributed by atoms with Gasteiger partial charge in [-0.3, -0.25) is 14.9 Å². The lowest BCUT2D eigenvalue weighted by molar-refractivity contribution is -0.384. The molecule has 0 fully saturated rings. The molecule has 0 radical (unpaired) electrons. The van der Waals surface area contributed by atoms with Gasteiger partial charge in [0.05, 0.1) is 22.9 Å². The molecule has 41 heavy (non-hydrogen) atoms. The Morgan fingerprint density at radius 3 is 2.61 bits per heavy atom. The van der Waals surface area contributed by atoms with Crippen LogP contribution in [0.5, 0.6) is 0 Å². The second-order valence-electron chi connectivity index (χ2n) is 10.1. The Labute approximate surface area is 239 Å². The first-order valence-electron chi connectivity index (χ1n) is 13.2. The number of nitrogens with one attached hydrogen (secondary N) is 2. The number of fused-ring (bicyclic) bond motifs is 1. The number of para-hydroxylation sites is 1. The fourth-order valence-electron chi connectivity index (χ4n) is 4.69. The zero-order valence-electron chi connectivity index (χ0n) is 24.3. The van der Waals surface area contributed by atoms with Crippen molar-refractivity contribution in [2.75, 3.05) is 64.7 Å². The first-order chi connectivity index (χ1) is 19.6. The van der Waals surface area contributed by atoms with Gasteiger partial charge in [0.2, 0.25) is 5.95 Å². The summed E-state index contributed by atoms with van der Waals surface area (Å²) in [6.07, 6.45) is 1.60. The molecule has 0 atom stereocenters. The first-order valence-corrected chi connectivity index (χ1v) is 13.2. The number of aromatic nitrogens is 3. The van der Waals surface area contributed by atoms with Crippen molar-refractivity contribution in [2.45, 2.75) is 6.92 Å². The molecule has 2 N–H and O–H groups in total. The average Bonchev–Trinajstić information content (AvgIpc) is 3.25. The van der Waals surface area contributed by atoms with Gasteiger partial charge >= 0.3 is 0 Å². The fourth-order valence-corrected chi connectivity index (χ4v) is 4.69. The van der Waals surface area contributed by atoms with Crippen LogP contribution < -0.4 is 15.5 Å². The summed E-state index contributed by atoms with van der Waals surface area (Å²) in [5, 5.41) is 18.9. The second-order valence-corrected chi connectivity index (χ2v) is 10.1. The molecule has 12 nitrogen and oxygen atoms in total. The highest BCUT2D eigenvalue weighted by molar-refractivity contribution is 6.09. The maximum absolute atomic E-state index is 13.3. The molecule has 0 aliphatic heterocycles. The lowest BCUT2D eigenvalue weighted by Crippen LogP contribution is -2.29. The van der Waals surface area contributed by atoms with Crippen molar-refractivity contribution in [1.82, 2.24) is 24.8 Å². The van der Waals surface area contributed by atoms with Crippen molar-refractivity contribution in [2.24, 2.45) is 7.05 Å². The smallest absolute Gasteiger partial charge is 0.294 e.